The van der Waals surface area contributed by atoms with E-state index in [4.69, 9.17) is 14.3 Å². The van der Waals surface area contributed by atoms with Crippen molar-refractivity contribution in [2.75, 3.05) is 13.7 Å². The van der Waals surface area contributed by atoms with Gasteiger partial charge in [-0.2, -0.15) is 0 Å². The minimum absolute atomic E-state index is 0.219. The first-order valence-corrected chi connectivity index (χ1v) is 6.77. The number of furan rings is 1. The smallest absolute Gasteiger partial charge is 0.339 e. The summed E-state index contributed by atoms with van der Waals surface area (Å²) in [4.78, 5) is 10.9. The number of para-hydroxylation sites is 1. The second kappa shape index (κ2) is 6.95. The molecule has 0 unspecified atom stereocenters. The Morgan fingerprint density at radius 1 is 1.38 bits per heavy atom. The number of carboxylic acids is 1. The first kappa shape index (κ1) is 15.1. The van der Waals surface area contributed by atoms with Crippen molar-refractivity contribution in [3.05, 3.63) is 53.0 Å². The highest BCUT2D eigenvalue weighted by Gasteiger charge is 2.13. The Morgan fingerprint density at radius 2 is 2.14 bits per heavy atom. The molecule has 0 aliphatic rings. The topological polar surface area (TPSA) is 71.7 Å². The Bertz CT molecular complexity index is 618. The van der Waals surface area contributed by atoms with Crippen LogP contribution in [0.4, 0.5) is 0 Å². The summed E-state index contributed by atoms with van der Waals surface area (Å²) in [5.74, 6) is 0.979. The van der Waals surface area contributed by atoms with Crippen molar-refractivity contribution in [3.63, 3.8) is 0 Å². The molecule has 2 rings (SSSR count). The van der Waals surface area contributed by atoms with Gasteiger partial charge < -0.3 is 19.6 Å². The summed E-state index contributed by atoms with van der Waals surface area (Å²) < 4.78 is 10.7. The lowest BCUT2D eigenvalue weighted by atomic mass is 10.1. The Hall–Kier alpha value is -2.27. The second-order valence-corrected chi connectivity index (χ2v) is 4.73. The van der Waals surface area contributed by atoms with Gasteiger partial charge in [-0.1, -0.05) is 18.2 Å². The lowest BCUT2D eigenvalue weighted by Gasteiger charge is -2.08. The molecule has 0 fully saturated rings. The molecule has 0 saturated carbocycles. The van der Waals surface area contributed by atoms with Crippen molar-refractivity contribution < 1.29 is 19.1 Å². The van der Waals surface area contributed by atoms with E-state index < -0.39 is 5.97 Å². The van der Waals surface area contributed by atoms with Gasteiger partial charge in [-0.25, -0.2) is 4.79 Å². The number of carbonyl (C=O) groups is 1. The van der Waals surface area contributed by atoms with Crippen LogP contribution >= 0.6 is 0 Å². The van der Waals surface area contributed by atoms with Crippen molar-refractivity contribution in [2.45, 2.75) is 19.9 Å². The molecule has 0 amide bonds. The van der Waals surface area contributed by atoms with Crippen LogP contribution in [0.1, 0.15) is 27.4 Å². The predicted octanol–water partition coefficient (Wildman–Crippen LogP) is 2.63. The molecule has 1 heterocycles. The molecule has 0 aliphatic carbocycles. The lowest BCUT2D eigenvalue weighted by molar-refractivity contribution is 0.0695. The highest BCUT2D eigenvalue weighted by atomic mass is 16.5. The highest BCUT2D eigenvalue weighted by molar-refractivity contribution is 5.88. The molecule has 112 valence electrons. The maximum Gasteiger partial charge on any atom is 0.339 e. The SMILES string of the molecule is COc1ccccc1CCNCc1cc(C(=O)O)c(C)o1. The fraction of sp³-hybridized carbons (Fsp3) is 0.312. The molecule has 0 aliphatic heterocycles. The number of benzene rings is 1. The molecule has 0 radical (unpaired) electrons. The van der Waals surface area contributed by atoms with Crippen molar-refractivity contribution >= 4 is 5.97 Å². The molecule has 5 nitrogen and oxygen atoms in total. The maximum absolute atomic E-state index is 10.9. The number of methoxy groups -OCH3 is 1. The molecular weight excluding hydrogens is 270 g/mol. The average molecular weight is 289 g/mol. The zero-order valence-electron chi connectivity index (χ0n) is 12.2. The third-order valence-corrected chi connectivity index (χ3v) is 3.26. The van der Waals surface area contributed by atoms with Crippen LogP contribution in [0, 0.1) is 6.92 Å². The third kappa shape index (κ3) is 3.86. The van der Waals surface area contributed by atoms with E-state index in [0.29, 0.717) is 18.1 Å². The van der Waals surface area contributed by atoms with Crippen LogP contribution in [0.3, 0.4) is 0 Å². The van der Waals surface area contributed by atoms with E-state index in [1.165, 1.54) is 0 Å². The highest BCUT2D eigenvalue weighted by Crippen LogP contribution is 2.17. The van der Waals surface area contributed by atoms with E-state index >= 15 is 0 Å². The number of nitrogens with one attached hydrogen (secondary N) is 1. The van der Waals surface area contributed by atoms with Gasteiger partial charge in [0.15, 0.2) is 0 Å². The van der Waals surface area contributed by atoms with E-state index in [1.54, 1.807) is 20.1 Å². The fourth-order valence-corrected chi connectivity index (χ4v) is 2.19. The second-order valence-electron chi connectivity index (χ2n) is 4.73. The Morgan fingerprint density at radius 3 is 2.81 bits per heavy atom. The van der Waals surface area contributed by atoms with Gasteiger partial charge in [0, 0.05) is 0 Å². The normalized spacial score (nSPS) is 10.6. The van der Waals surface area contributed by atoms with Gasteiger partial charge in [0.2, 0.25) is 0 Å². The van der Waals surface area contributed by atoms with Gasteiger partial charge in [0.25, 0.3) is 0 Å². The minimum atomic E-state index is -0.962. The first-order chi connectivity index (χ1) is 10.1. The molecule has 0 atom stereocenters. The quantitative estimate of drug-likeness (QED) is 0.767. The molecular formula is C16H19NO4. The fourth-order valence-electron chi connectivity index (χ4n) is 2.19. The Labute approximate surface area is 123 Å². The number of aryl methyl sites for hydroxylation is 1. The van der Waals surface area contributed by atoms with Gasteiger partial charge in [-0.15, -0.1) is 0 Å². The average Bonchev–Trinajstić information content (AvgIpc) is 2.85. The summed E-state index contributed by atoms with van der Waals surface area (Å²) in [6, 6.07) is 9.44. The van der Waals surface area contributed by atoms with Crippen LogP contribution < -0.4 is 10.1 Å². The van der Waals surface area contributed by atoms with Crippen LogP contribution in [-0.2, 0) is 13.0 Å². The van der Waals surface area contributed by atoms with Crippen molar-refractivity contribution in [3.8, 4) is 5.75 Å². The van der Waals surface area contributed by atoms with E-state index in [1.807, 2.05) is 24.3 Å². The molecule has 0 bridgehead atoms. The summed E-state index contributed by atoms with van der Waals surface area (Å²) in [7, 11) is 1.66. The first-order valence-electron chi connectivity index (χ1n) is 6.77. The number of ether oxygens (including phenoxy) is 1. The van der Waals surface area contributed by atoms with Gasteiger partial charge in [-0.05, 0) is 37.6 Å². The summed E-state index contributed by atoms with van der Waals surface area (Å²) in [5.41, 5.74) is 1.35. The van der Waals surface area contributed by atoms with E-state index in [-0.39, 0.29) is 5.56 Å². The molecule has 21 heavy (non-hydrogen) atoms. The van der Waals surface area contributed by atoms with Crippen LogP contribution in [-0.4, -0.2) is 24.7 Å². The minimum Gasteiger partial charge on any atom is -0.496 e. The van der Waals surface area contributed by atoms with Crippen molar-refractivity contribution in [2.24, 2.45) is 0 Å². The number of rotatable bonds is 7. The van der Waals surface area contributed by atoms with Crippen LogP contribution in [0.2, 0.25) is 0 Å². The van der Waals surface area contributed by atoms with E-state index in [9.17, 15) is 4.79 Å². The van der Waals surface area contributed by atoms with Crippen LogP contribution in [0.25, 0.3) is 0 Å². The predicted molar refractivity (Wildman–Crippen MR) is 78.8 cm³/mol. The van der Waals surface area contributed by atoms with Crippen molar-refractivity contribution in [1.29, 1.82) is 0 Å². The van der Waals surface area contributed by atoms with Crippen LogP contribution in [0.5, 0.6) is 5.75 Å². The largest absolute Gasteiger partial charge is 0.496 e. The third-order valence-electron chi connectivity index (χ3n) is 3.26. The molecule has 0 saturated heterocycles. The lowest BCUT2D eigenvalue weighted by Crippen LogP contribution is -2.16. The zero-order valence-corrected chi connectivity index (χ0v) is 12.2. The van der Waals surface area contributed by atoms with E-state index in [2.05, 4.69) is 5.32 Å². The molecule has 2 N–H and O–H groups in total. The zero-order chi connectivity index (χ0) is 15.2. The van der Waals surface area contributed by atoms with Gasteiger partial charge in [0.1, 0.15) is 22.8 Å². The number of hydrogen-bond acceptors (Lipinski definition) is 4. The van der Waals surface area contributed by atoms with Crippen LogP contribution in [0.15, 0.2) is 34.7 Å². The standard InChI is InChI=1S/C16H19NO4/c1-11-14(16(18)19)9-13(21-11)10-17-8-7-12-5-3-4-6-15(12)20-2/h3-6,9,17H,7-8,10H2,1-2H3,(H,18,19). The van der Waals surface area contributed by atoms with Gasteiger partial charge >= 0.3 is 5.97 Å². The maximum atomic E-state index is 10.9. The Kier molecular flexibility index (Phi) is 5.00. The van der Waals surface area contributed by atoms with Crippen molar-refractivity contribution in [1.82, 2.24) is 5.32 Å². The monoisotopic (exact) mass is 289 g/mol. The van der Waals surface area contributed by atoms with E-state index in [0.717, 1.165) is 24.3 Å². The van der Waals surface area contributed by atoms with Gasteiger partial charge in [-0.3, -0.25) is 0 Å². The summed E-state index contributed by atoms with van der Waals surface area (Å²) >= 11 is 0. The van der Waals surface area contributed by atoms with Gasteiger partial charge in [0.05, 0.1) is 13.7 Å². The summed E-state index contributed by atoms with van der Waals surface area (Å²) in [6.07, 6.45) is 0.829. The Balaban J connectivity index is 1.85. The number of carboxylic acid groups (broad SMARTS) is 1. The molecule has 1 aromatic heterocycles. The number of aromatic carboxylic acids is 1. The number of hydrogen-bond donors (Lipinski definition) is 2. The molecule has 5 heteroatoms. The summed E-state index contributed by atoms with van der Waals surface area (Å²) in [5, 5.41) is 12.2. The summed E-state index contributed by atoms with van der Waals surface area (Å²) in [6.45, 7) is 2.91. The molecule has 0 spiro atoms. The molecule has 2 aromatic rings. The molecule has 1 aromatic carbocycles.